The minimum Gasteiger partial charge on any atom is -0.298 e. The Kier molecular flexibility index (Phi) is 4.30. The van der Waals surface area contributed by atoms with Gasteiger partial charge in [-0.05, 0) is 55.2 Å². The van der Waals surface area contributed by atoms with Crippen LogP contribution in [-0.2, 0) is 10.2 Å². The summed E-state index contributed by atoms with van der Waals surface area (Å²) in [4.78, 5) is 17.4. The van der Waals surface area contributed by atoms with Crippen LogP contribution in [-0.4, -0.2) is 10.8 Å². The Morgan fingerprint density at radius 1 is 0.875 bits per heavy atom. The van der Waals surface area contributed by atoms with Gasteiger partial charge in [0.05, 0.1) is 0 Å². The quantitative estimate of drug-likeness (QED) is 0.703. The molecule has 24 heavy (non-hydrogen) atoms. The number of Topliss-reactive ketones (excluding diaryl/α,β-unsaturated/α-hetero) is 1. The van der Waals surface area contributed by atoms with Crippen LogP contribution in [0.2, 0.25) is 0 Å². The molecule has 0 bridgehead atoms. The summed E-state index contributed by atoms with van der Waals surface area (Å²) in [6, 6.07) is 22.1. The first kappa shape index (κ1) is 16.1. The zero-order valence-corrected chi connectivity index (χ0v) is 14.3. The molecule has 1 aromatic heterocycles. The molecule has 0 unspecified atom stereocenters. The molecule has 0 spiro atoms. The second-order valence-corrected chi connectivity index (χ2v) is 6.17. The van der Waals surface area contributed by atoms with E-state index in [-0.39, 0.29) is 5.78 Å². The van der Waals surface area contributed by atoms with E-state index in [0.29, 0.717) is 0 Å². The summed E-state index contributed by atoms with van der Waals surface area (Å²) in [5, 5.41) is 0. The Hall–Kier alpha value is -2.74. The van der Waals surface area contributed by atoms with Gasteiger partial charge in [0.15, 0.2) is 0 Å². The average Bonchev–Trinajstić information content (AvgIpc) is 2.58. The van der Waals surface area contributed by atoms with Crippen molar-refractivity contribution >= 4 is 5.78 Å². The summed E-state index contributed by atoms with van der Waals surface area (Å²) in [6.07, 6.45) is 1.78. The molecule has 0 aliphatic rings. The van der Waals surface area contributed by atoms with E-state index in [9.17, 15) is 4.79 Å². The lowest BCUT2D eigenvalue weighted by molar-refractivity contribution is -0.119. The van der Waals surface area contributed by atoms with Crippen molar-refractivity contribution in [2.24, 2.45) is 0 Å². The number of ketones is 1. The molecule has 3 rings (SSSR count). The molecule has 0 radical (unpaired) electrons. The largest absolute Gasteiger partial charge is 0.298 e. The maximum atomic E-state index is 13.1. The first-order valence-corrected chi connectivity index (χ1v) is 8.12. The van der Waals surface area contributed by atoms with Crippen molar-refractivity contribution in [1.29, 1.82) is 0 Å². The lowest BCUT2D eigenvalue weighted by atomic mass is 9.66. The smallest absolute Gasteiger partial charge is 0.149 e. The van der Waals surface area contributed by atoms with Gasteiger partial charge in [0.2, 0.25) is 0 Å². The first-order valence-electron chi connectivity index (χ1n) is 8.12. The topological polar surface area (TPSA) is 30.0 Å². The van der Waals surface area contributed by atoms with Crippen LogP contribution in [0.4, 0.5) is 0 Å². The Bertz CT molecular complexity index is 870. The van der Waals surface area contributed by atoms with E-state index in [0.717, 1.165) is 27.9 Å². The minimum absolute atomic E-state index is 0.105. The summed E-state index contributed by atoms with van der Waals surface area (Å²) in [7, 11) is 0. The van der Waals surface area contributed by atoms with E-state index < -0.39 is 5.41 Å². The van der Waals surface area contributed by atoms with Crippen LogP contribution in [0, 0.1) is 13.8 Å². The van der Waals surface area contributed by atoms with Crippen molar-refractivity contribution in [2.45, 2.75) is 26.2 Å². The van der Waals surface area contributed by atoms with Crippen molar-refractivity contribution in [3.63, 3.8) is 0 Å². The normalized spacial score (nSPS) is 13.3. The molecule has 0 N–H and O–H groups in total. The number of hydrogen-bond acceptors (Lipinski definition) is 2. The molecule has 3 aromatic rings. The number of aryl methyl sites for hydroxylation is 2. The maximum absolute atomic E-state index is 13.1. The molecule has 0 aliphatic carbocycles. The lowest BCUT2D eigenvalue weighted by Gasteiger charge is -2.34. The predicted molar refractivity (Wildman–Crippen MR) is 97.2 cm³/mol. The second kappa shape index (κ2) is 6.40. The van der Waals surface area contributed by atoms with Gasteiger partial charge in [-0.1, -0.05) is 54.6 Å². The number of carbonyl (C=O) groups is 1. The van der Waals surface area contributed by atoms with Gasteiger partial charge in [-0.2, -0.15) is 0 Å². The van der Waals surface area contributed by atoms with Crippen molar-refractivity contribution in [1.82, 2.24) is 4.98 Å². The summed E-state index contributed by atoms with van der Waals surface area (Å²) in [5.74, 6) is 0.105. The van der Waals surface area contributed by atoms with Gasteiger partial charge in [0.1, 0.15) is 11.2 Å². The number of benzene rings is 2. The highest BCUT2D eigenvalue weighted by Gasteiger charge is 2.42. The van der Waals surface area contributed by atoms with Crippen LogP contribution >= 0.6 is 0 Å². The fourth-order valence-corrected chi connectivity index (χ4v) is 3.53. The Morgan fingerprint density at radius 2 is 1.54 bits per heavy atom. The molecule has 2 nitrogen and oxygen atoms in total. The minimum atomic E-state index is -0.819. The first-order chi connectivity index (χ1) is 11.6. The zero-order valence-electron chi connectivity index (χ0n) is 14.3. The molecule has 0 saturated heterocycles. The zero-order chi connectivity index (χ0) is 17.2. The van der Waals surface area contributed by atoms with E-state index in [4.69, 9.17) is 0 Å². The third-order valence-corrected chi connectivity index (χ3v) is 4.61. The molecule has 0 fully saturated rings. The molecule has 0 amide bonds. The third-order valence-electron chi connectivity index (χ3n) is 4.61. The number of carbonyl (C=O) groups excluding carboxylic acids is 1. The number of nitrogens with zero attached hydrogens (tertiary/aromatic N) is 1. The molecule has 2 aromatic carbocycles. The Balaban J connectivity index is 2.44. The standard InChI is InChI=1S/C22H21NO/c1-16-9-7-8-12-21(16)22(18(3)24,19-10-5-4-6-11-19)20-13-14-23-17(2)15-20/h4-15H,1-3H3/t22-/m0/s1. The van der Waals surface area contributed by atoms with Gasteiger partial charge in [0.25, 0.3) is 0 Å². The molecule has 0 saturated carbocycles. The SMILES string of the molecule is CC(=O)[C@](c1ccccc1)(c1ccnc(C)c1)c1ccccc1C. The van der Waals surface area contributed by atoms with Crippen LogP contribution in [0.5, 0.6) is 0 Å². The lowest BCUT2D eigenvalue weighted by Crippen LogP contribution is -2.37. The maximum Gasteiger partial charge on any atom is 0.149 e. The van der Waals surface area contributed by atoms with Crippen LogP contribution in [0.15, 0.2) is 72.9 Å². The van der Waals surface area contributed by atoms with Crippen molar-refractivity contribution < 1.29 is 4.79 Å². The van der Waals surface area contributed by atoms with E-state index in [2.05, 4.69) is 24.0 Å². The highest BCUT2D eigenvalue weighted by molar-refractivity contribution is 5.96. The predicted octanol–water partition coefficient (Wildman–Crippen LogP) is 4.62. The molecular formula is C22H21NO. The van der Waals surface area contributed by atoms with E-state index in [1.807, 2.05) is 61.5 Å². The molecule has 0 aliphatic heterocycles. The molecular weight excluding hydrogens is 294 g/mol. The van der Waals surface area contributed by atoms with Gasteiger partial charge in [-0.3, -0.25) is 9.78 Å². The summed E-state index contributed by atoms with van der Waals surface area (Å²) < 4.78 is 0. The number of hydrogen-bond donors (Lipinski definition) is 0. The van der Waals surface area contributed by atoms with Crippen molar-refractivity contribution in [3.8, 4) is 0 Å². The van der Waals surface area contributed by atoms with Gasteiger partial charge in [-0.15, -0.1) is 0 Å². The van der Waals surface area contributed by atoms with Crippen LogP contribution in [0.25, 0.3) is 0 Å². The summed E-state index contributed by atoms with van der Waals surface area (Å²) in [6.45, 7) is 5.69. The van der Waals surface area contributed by atoms with Crippen LogP contribution in [0.3, 0.4) is 0 Å². The van der Waals surface area contributed by atoms with Crippen LogP contribution < -0.4 is 0 Å². The number of rotatable bonds is 4. The van der Waals surface area contributed by atoms with Gasteiger partial charge >= 0.3 is 0 Å². The molecule has 1 atom stereocenters. The van der Waals surface area contributed by atoms with E-state index in [1.165, 1.54) is 0 Å². The van der Waals surface area contributed by atoms with E-state index in [1.54, 1.807) is 13.1 Å². The molecule has 120 valence electrons. The highest BCUT2D eigenvalue weighted by Crippen LogP contribution is 2.41. The third kappa shape index (κ3) is 2.54. The monoisotopic (exact) mass is 315 g/mol. The van der Waals surface area contributed by atoms with Crippen LogP contribution in [0.1, 0.15) is 34.9 Å². The van der Waals surface area contributed by atoms with Gasteiger partial charge in [-0.25, -0.2) is 0 Å². The average molecular weight is 315 g/mol. The fourth-order valence-electron chi connectivity index (χ4n) is 3.53. The molecule has 1 heterocycles. The number of pyridine rings is 1. The Labute approximate surface area is 143 Å². The summed E-state index contributed by atoms with van der Waals surface area (Å²) >= 11 is 0. The fraction of sp³-hybridized carbons (Fsp3) is 0.182. The van der Waals surface area contributed by atoms with E-state index >= 15 is 0 Å². The Morgan fingerprint density at radius 3 is 2.17 bits per heavy atom. The second-order valence-electron chi connectivity index (χ2n) is 6.17. The molecule has 2 heteroatoms. The number of aromatic nitrogens is 1. The van der Waals surface area contributed by atoms with Crippen molar-refractivity contribution in [2.75, 3.05) is 0 Å². The van der Waals surface area contributed by atoms with Crippen molar-refractivity contribution in [3.05, 3.63) is 101 Å². The summed E-state index contributed by atoms with van der Waals surface area (Å²) in [5.41, 5.74) is 4.16. The van der Waals surface area contributed by atoms with Gasteiger partial charge < -0.3 is 0 Å². The van der Waals surface area contributed by atoms with Gasteiger partial charge in [0, 0.05) is 11.9 Å². The highest BCUT2D eigenvalue weighted by atomic mass is 16.1.